The smallest absolute Gasteiger partial charge is 0.331 e. The first-order valence-corrected chi connectivity index (χ1v) is 10.3. The van der Waals surface area contributed by atoms with Crippen LogP contribution < -0.4 is 0 Å². The average Bonchev–Trinajstić information content (AvgIpc) is 3.38. The van der Waals surface area contributed by atoms with Gasteiger partial charge < -0.3 is 9.47 Å². The maximum absolute atomic E-state index is 11.9. The van der Waals surface area contributed by atoms with Crippen molar-refractivity contribution in [2.24, 2.45) is 29.6 Å². The van der Waals surface area contributed by atoms with Gasteiger partial charge in [-0.1, -0.05) is 36.8 Å². The van der Waals surface area contributed by atoms with Crippen molar-refractivity contribution in [1.29, 1.82) is 0 Å². The van der Waals surface area contributed by atoms with Gasteiger partial charge in [-0.2, -0.15) is 0 Å². The second kappa shape index (κ2) is 8.28. The number of fused-ring (bicyclic) bond motifs is 5. The fraction of sp³-hybridized carbons (Fsp3) is 0.565. The Hall–Kier alpha value is -2.10. The minimum atomic E-state index is -0.503. The van der Waals surface area contributed by atoms with Crippen molar-refractivity contribution in [1.82, 2.24) is 0 Å². The van der Waals surface area contributed by atoms with E-state index in [2.05, 4.69) is 0 Å². The highest BCUT2D eigenvalue weighted by Gasteiger charge is 2.53. The number of carbonyl (C=O) groups is 2. The van der Waals surface area contributed by atoms with E-state index in [1.807, 2.05) is 30.3 Å². The summed E-state index contributed by atoms with van der Waals surface area (Å²) >= 11 is 0. The van der Waals surface area contributed by atoms with Gasteiger partial charge in [0.2, 0.25) is 0 Å². The van der Waals surface area contributed by atoms with E-state index < -0.39 is 11.9 Å². The molecule has 3 aliphatic carbocycles. The van der Waals surface area contributed by atoms with Crippen LogP contribution in [-0.4, -0.2) is 25.2 Å². The van der Waals surface area contributed by atoms with Crippen LogP contribution in [0.5, 0.6) is 0 Å². The molecule has 0 amide bonds. The highest BCUT2D eigenvalue weighted by Crippen LogP contribution is 2.60. The lowest BCUT2D eigenvalue weighted by molar-refractivity contribution is -0.141. The molecule has 0 N–H and O–H groups in total. The van der Waals surface area contributed by atoms with Crippen LogP contribution in [0.3, 0.4) is 0 Å². The summed E-state index contributed by atoms with van der Waals surface area (Å²) < 4.78 is 10.5. The van der Waals surface area contributed by atoms with Gasteiger partial charge in [0.1, 0.15) is 0 Å². The van der Waals surface area contributed by atoms with Gasteiger partial charge in [-0.05, 0) is 60.8 Å². The van der Waals surface area contributed by atoms with Crippen molar-refractivity contribution in [2.75, 3.05) is 13.2 Å². The second-order valence-electron chi connectivity index (χ2n) is 8.28. The Morgan fingerprint density at radius 2 is 1.67 bits per heavy atom. The van der Waals surface area contributed by atoms with Gasteiger partial charge >= 0.3 is 11.9 Å². The SMILES string of the molecule is O=C(C=CC(=O)OCC1CC2CC1C1CCCC21)OCCc1ccccc1. The van der Waals surface area contributed by atoms with E-state index in [9.17, 15) is 9.59 Å². The van der Waals surface area contributed by atoms with Gasteiger partial charge in [-0.25, -0.2) is 9.59 Å². The minimum Gasteiger partial charge on any atom is -0.462 e. The summed E-state index contributed by atoms with van der Waals surface area (Å²) in [6.07, 6.45) is 9.72. The lowest BCUT2D eigenvalue weighted by atomic mass is 9.76. The van der Waals surface area contributed by atoms with Gasteiger partial charge in [0.25, 0.3) is 0 Å². The molecular formula is C23H28O4. The van der Waals surface area contributed by atoms with Gasteiger partial charge in [-0.3, -0.25) is 0 Å². The van der Waals surface area contributed by atoms with Crippen molar-refractivity contribution in [3.63, 3.8) is 0 Å². The molecule has 27 heavy (non-hydrogen) atoms. The largest absolute Gasteiger partial charge is 0.462 e. The summed E-state index contributed by atoms with van der Waals surface area (Å²) in [4.78, 5) is 23.6. The fourth-order valence-electron chi connectivity index (χ4n) is 5.74. The van der Waals surface area contributed by atoms with Crippen molar-refractivity contribution >= 4 is 11.9 Å². The van der Waals surface area contributed by atoms with Crippen LogP contribution in [0.25, 0.3) is 0 Å². The molecule has 1 aromatic rings. The van der Waals surface area contributed by atoms with Crippen LogP contribution in [-0.2, 0) is 25.5 Å². The summed E-state index contributed by atoms with van der Waals surface area (Å²) in [5.41, 5.74) is 1.11. The first-order valence-electron chi connectivity index (χ1n) is 10.3. The number of esters is 2. The molecule has 3 saturated carbocycles. The van der Waals surface area contributed by atoms with E-state index in [4.69, 9.17) is 9.47 Å². The first kappa shape index (κ1) is 18.3. The summed E-state index contributed by atoms with van der Waals surface area (Å²) in [6.45, 7) is 0.798. The van der Waals surface area contributed by atoms with E-state index in [-0.39, 0.29) is 0 Å². The van der Waals surface area contributed by atoms with E-state index in [0.29, 0.717) is 25.6 Å². The van der Waals surface area contributed by atoms with Crippen LogP contribution in [0.1, 0.15) is 37.7 Å². The first-order chi connectivity index (χ1) is 13.2. The predicted molar refractivity (Wildman–Crippen MR) is 102 cm³/mol. The molecule has 0 aliphatic heterocycles. The molecule has 0 radical (unpaired) electrons. The Bertz CT molecular complexity index is 696. The van der Waals surface area contributed by atoms with E-state index in [1.165, 1.54) is 44.3 Å². The number of benzene rings is 1. The molecule has 4 heteroatoms. The zero-order chi connectivity index (χ0) is 18.6. The van der Waals surface area contributed by atoms with Gasteiger partial charge in [-0.15, -0.1) is 0 Å². The second-order valence-corrected chi connectivity index (χ2v) is 8.28. The summed E-state index contributed by atoms with van der Waals surface area (Å²) in [7, 11) is 0. The summed E-state index contributed by atoms with van der Waals surface area (Å²) in [5.74, 6) is 3.01. The Balaban J connectivity index is 1.15. The molecule has 0 heterocycles. The number of rotatable bonds is 7. The molecule has 144 valence electrons. The third-order valence-corrected chi connectivity index (χ3v) is 6.84. The zero-order valence-corrected chi connectivity index (χ0v) is 15.7. The molecule has 0 spiro atoms. The summed E-state index contributed by atoms with van der Waals surface area (Å²) in [5, 5.41) is 0. The molecule has 2 bridgehead atoms. The number of ether oxygens (including phenoxy) is 2. The van der Waals surface area contributed by atoms with E-state index in [1.54, 1.807) is 0 Å². The third-order valence-electron chi connectivity index (χ3n) is 6.84. The Kier molecular flexibility index (Phi) is 5.61. The number of hydrogen-bond acceptors (Lipinski definition) is 4. The van der Waals surface area contributed by atoms with E-state index >= 15 is 0 Å². The zero-order valence-electron chi connectivity index (χ0n) is 15.7. The lowest BCUT2D eigenvalue weighted by Gasteiger charge is -2.31. The number of carbonyl (C=O) groups excluding carboxylic acids is 2. The number of hydrogen-bond donors (Lipinski definition) is 0. The minimum absolute atomic E-state index is 0.302. The predicted octanol–water partition coefficient (Wildman–Crippen LogP) is 3.94. The molecule has 1 aromatic carbocycles. The normalized spacial score (nSPS) is 31.2. The highest BCUT2D eigenvalue weighted by molar-refractivity contribution is 5.91. The van der Waals surface area contributed by atoms with Gasteiger partial charge in [0.15, 0.2) is 0 Å². The fourth-order valence-corrected chi connectivity index (χ4v) is 5.74. The molecule has 0 saturated heterocycles. The maximum Gasteiger partial charge on any atom is 0.331 e. The Morgan fingerprint density at radius 1 is 0.926 bits per heavy atom. The van der Waals surface area contributed by atoms with Crippen LogP contribution in [0.15, 0.2) is 42.5 Å². The van der Waals surface area contributed by atoms with Crippen LogP contribution >= 0.6 is 0 Å². The molecule has 5 unspecified atom stereocenters. The molecular weight excluding hydrogens is 340 g/mol. The molecule has 3 fully saturated rings. The van der Waals surface area contributed by atoms with Crippen LogP contribution in [0.2, 0.25) is 0 Å². The van der Waals surface area contributed by atoms with Gasteiger partial charge in [0, 0.05) is 18.6 Å². The van der Waals surface area contributed by atoms with Gasteiger partial charge in [0.05, 0.1) is 13.2 Å². The quantitative estimate of drug-likeness (QED) is 0.540. The Labute approximate surface area is 160 Å². The standard InChI is InChI=1S/C23H28O4/c24-22(26-12-11-16-5-2-1-3-6-16)9-10-23(25)27-15-18-13-17-14-21(18)20-8-4-7-19(17)20/h1-3,5-6,9-10,17-21H,4,7-8,11-15H2. The van der Waals surface area contributed by atoms with E-state index in [0.717, 1.165) is 29.2 Å². The van der Waals surface area contributed by atoms with Crippen molar-refractivity contribution in [2.45, 2.75) is 38.5 Å². The summed E-state index contributed by atoms with van der Waals surface area (Å²) in [6, 6.07) is 9.84. The monoisotopic (exact) mass is 368 g/mol. The molecule has 4 nitrogen and oxygen atoms in total. The van der Waals surface area contributed by atoms with Crippen molar-refractivity contribution in [3.05, 3.63) is 48.0 Å². The van der Waals surface area contributed by atoms with Crippen LogP contribution in [0.4, 0.5) is 0 Å². The average molecular weight is 368 g/mol. The molecule has 3 aliphatic rings. The lowest BCUT2D eigenvalue weighted by Crippen LogP contribution is -2.28. The van der Waals surface area contributed by atoms with Crippen molar-refractivity contribution in [3.8, 4) is 0 Å². The topological polar surface area (TPSA) is 52.6 Å². The van der Waals surface area contributed by atoms with Crippen LogP contribution in [0, 0.1) is 29.6 Å². The third kappa shape index (κ3) is 4.26. The molecule has 0 aromatic heterocycles. The maximum atomic E-state index is 11.9. The molecule has 5 atom stereocenters. The highest BCUT2D eigenvalue weighted by atomic mass is 16.5. The van der Waals surface area contributed by atoms with Crippen molar-refractivity contribution < 1.29 is 19.1 Å². The Morgan fingerprint density at radius 3 is 2.48 bits per heavy atom. The molecule has 4 rings (SSSR count).